The van der Waals surface area contributed by atoms with E-state index in [0.717, 1.165) is 5.02 Å². The van der Waals surface area contributed by atoms with Crippen molar-refractivity contribution >= 4 is 11.6 Å². The number of hydrogen-bond acceptors (Lipinski definition) is 0. The fourth-order valence-corrected chi connectivity index (χ4v) is 4.40. The monoisotopic (exact) mass is 284 g/mol. The van der Waals surface area contributed by atoms with Gasteiger partial charge >= 0.3 is 0 Å². The van der Waals surface area contributed by atoms with Crippen LogP contribution in [0.4, 0.5) is 0 Å². The standard InChI is InChI=1S/C19H21Cl/c1-12(2)19(13(3)4)17-8-6-5-7-15(17)16-10-9-14(20)11-18(16)19/h5-13H,1-4H3. The molecule has 1 heteroatoms. The highest BCUT2D eigenvalue weighted by Crippen LogP contribution is 2.56. The summed E-state index contributed by atoms with van der Waals surface area (Å²) in [5.74, 6) is 1.06. The molecular formula is C19H21Cl. The Bertz CT molecular complexity index is 645. The van der Waals surface area contributed by atoms with Crippen LogP contribution in [0.3, 0.4) is 0 Å². The number of benzene rings is 2. The Balaban J connectivity index is 2.43. The van der Waals surface area contributed by atoms with Crippen LogP contribution >= 0.6 is 11.6 Å². The zero-order valence-corrected chi connectivity index (χ0v) is 13.3. The molecule has 0 nitrogen and oxygen atoms in total. The van der Waals surface area contributed by atoms with Crippen molar-refractivity contribution in [3.05, 3.63) is 58.6 Å². The molecule has 20 heavy (non-hydrogen) atoms. The second-order valence-electron chi connectivity index (χ2n) is 6.41. The van der Waals surface area contributed by atoms with Crippen LogP contribution in [0.15, 0.2) is 42.5 Å². The Morgan fingerprint density at radius 2 is 1.40 bits per heavy atom. The summed E-state index contributed by atoms with van der Waals surface area (Å²) in [6.45, 7) is 9.30. The van der Waals surface area contributed by atoms with Gasteiger partial charge in [0.15, 0.2) is 0 Å². The van der Waals surface area contributed by atoms with Crippen LogP contribution in [0.5, 0.6) is 0 Å². The normalized spacial score (nSPS) is 15.6. The van der Waals surface area contributed by atoms with Gasteiger partial charge < -0.3 is 0 Å². The molecule has 3 rings (SSSR count). The molecule has 0 bridgehead atoms. The number of rotatable bonds is 2. The molecule has 0 N–H and O–H groups in total. The van der Waals surface area contributed by atoms with Crippen molar-refractivity contribution in [3.63, 3.8) is 0 Å². The van der Waals surface area contributed by atoms with Gasteiger partial charge in [-0.05, 0) is 46.2 Å². The Kier molecular flexibility index (Phi) is 3.17. The van der Waals surface area contributed by atoms with Crippen LogP contribution in [-0.2, 0) is 5.41 Å². The third-order valence-corrected chi connectivity index (χ3v) is 5.15. The van der Waals surface area contributed by atoms with Gasteiger partial charge in [0.05, 0.1) is 0 Å². The van der Waals surface area contributed by atoms with Crippen molar-refractivity contribution in [3.8, 4) is 11.1 Å². The van der Waals surface area contributed by atoms with Gasteiger partial charge in [-0.3, -0.25) is 0 Å². The molecule has 1 aliphatic rings. The average molecular weight is 285 g/mol. The lowest BCUT2D eigenvalue weighted by Gasteiger charge is -2.40. The topological polar surface area (TPSA) is 0 Å². The predicted molar refractivity (Wildman–Crippen MR) is 87.3 cm³/mol. The maximum atomic E-state index is 6.30. The number of hydrogen-bond donors (Lipinski definition) is 0. The van der Waals surface area contributed by atoms with Gasteiger partial charge in [-0.2, -0.15) is 0 Å². The van der Waals surface area contributed by atoms with Crippen LogP contribution in [0.1, 0.15) is 38.8 Å². The molecule has 0 aromatic heterocycles. The van der Waals surface area contributed by atoms with E-state index < -0.39 is 0 Å². The lowest BCUT2D eigenvalue weighted by molar-refractivity contribution is 0.280. The number of fused-ring (bicyclic) bond motifs is 3. The van der Waals surface area contributed by atoms with E-state index in [-0.39, 0.29) is 5.41 Å². The zero-order chi connectivity index (χ0) is 14.5. The van der Waals surface area contributed by atoms with Gasteiger partial charge in [0.2, 0.25) is 0 Å². The molecule has 0 heterocycles. The minimum Gasteiger partial charge on any atom is -0.0843 e. The summed E-state index contributed by atoms with van der Waals surface area (Å²) in [5, 5.41) is 0.835. The maximum absolute atomic E-state index is 6.30. The second-order valence-corrected chi connectivity index (χ2v) is 6.85. The summed E-state index contributed by atoms with van der Waals surface area (Å²) in [5.41, 5.74) is 5.66. The fourth-order valence-electron chi connectivity index (χ4n) is 4.23. The molecule has 0 aliphatic heterocycles. The molecule has 0 fully saturated rings. The second kappa shape index (κ2) is 4.63. The van der Waals surface area contributed by atoms with Crippen LogP contribution in [0, 0.1) is 11.8 Å². The minimum absolute atomic E-state index is 0.0663. The lowest BCUT2D eigenvalue weighted by Crippen LogP contribution is -2.37. The van der Waals surface area contributed by atoms with Crippen molar-refractivity contribution in [1.29, 1.82) is 0 Å². The van der Waals surface area contributed by atoms with Crippen molar-refractivity contribution in [2.75, 3.05) is 0 Å². The summed E-state index contributed by atoms with van der Waals surface area (Å²) >= 11 is 6.30. The van der Waals surface area contributed by atoms with Gasteiger partial charge in [0, 0.05) is 10.4 Å². The SMILES string of the molecule is CC(C)C1(C(C)C)c2ccccc2-c2ccc(Cl)cc21. The molecule has 104 valence electrons. The molecule has 2 aromatic carbocycles. The molecule has 0 saturated carbocycles. The molecule has 0 radical (unpaired) electrons. The molecule has 0 atom stereocenters. The van der Waals surface area contributed by atoms with E-state index in [1.807, 2.05) is 6.07 Å². The minimum atomic E-state index is 0.0663. The third kappa shape index (κ3) is 1.61. The van der Waals surface area contributed by atoms with Crippen molar-refractivity contribution in [2.24, 2.45) is 11.8 Å². The summed E-state index contributed by atoms with van der Waals surface area (Å²) in [4.78, 5) is 0. The van der Waals surface area contributed by atoms with E-state index in [0.29, 0.717) is 11.8 Å². The van der Waals surface area contributed by atoms with Crippen molar-refractivity contribution in [2.45, 2.75) is 33.1 Å². The summed E-state index contributed by atoms with van der Waals surface area (Å²) < 4.78 is 0. The quantitative estimate of drug-likeness (QED) is 0.642. The maximum Gasteiger partial charge on any atom is 0.0409 e. The van der Waals surface area contributed by atoms with E-state index >= 15 is 0 Å². The smallest absolute Gasteiger partial charge is 0.0409 e. The van der Waals surface area contributed by atoms with Crippen molar-refractivity contribution < 1.29 is 0 Å². The first-order chi connectivity index (χ1) is 9.49. The molecule has 2 aromatic rings. The Morgan fingerprint density at radius 3 is 2.05 bits per heavy atom. The molecule has 0 unspecified atom stereocenters. The first-order valence-electron chi connectivity index (χ1n) is 7.39. The van der Waals surface area contributed by atoms with E-state index in [2.05, 4.69) is 64.1 Å². The predicted octanol–water partition coefficient (Wildman–Crippen LogP) is 5.92. The van der Waals surface area contributed by atoms with Gasteiger partial charge in [0.25, 0.3) is 0 Å². The van der Waals surface area contributed by atoms with Gasteiger partial charge in [-0.1, -0.05) is 69.6 Å². The van der Waals surface area contributed by atoms with Crippen LogP contribution in [0.2, 0.25) is 5.02 Å². The first kappa shape index (κ1) is 13.7. The van der Waals surface area contributed by atoms with E-state index in [1.54, 1.807) is 0 Å². The van der Waals surface area contributed by atoms with E-state index in [9.17, 15) is 0 Å². The number of halogens is 1. The van der Waals surface area contributed by atoms with E-state index in [4.69, 9.17) is 11.6 Å². The Hall–Kier alpha value is -1.27. The molecule has 0 amide bonds. The summed E-state index contributed by atoms with van der Waals surface area (Å²) in [6.07, 6.45) is 0. The largest absolute Gasteiger partial charge is 0.0843 e. The van der Waals surface area contributed by atoms with E-state index in [1.165, 1.54) is 22.3 Å². The van der Waals surface area contributed by atoms with Crippen molar-refractivity contribution in [1.82, 2.24) is 0 Å². The Morgan fingerprint density at radius 1 is 0.800 bits per heavy atom. The Labute approximate surface area is 126 Å². The van der Waals surface area contributed by atoms with Gasteiger partial charge in [0.1, 0.15) is 0 Å². The molecule has 0 saturated heterocycles. The van der Waals surface area contributed by atoms with Crippen LogP contribution < -0.4 is 0 Å². The highest BCUT2D eigenvalue weighted by atomic mass is 35.5. The summed E-state index contributed by atoms with van der Waals surface area (Å²) in [7, 11) is 0. The lowest BCUT2D eigenvalue weighted by atomic mass is 9.63. The highest BCUT2D eigenvalue weighted by Gasteiger charge is 2.47. The van der Waals surface area contributed by atoms with Crippen LogP contribution in [-0.4, -0.2) is 0 Å². The third-order valence-electron chi connectivity index (χ3n) is 4.91. The highest BCUT2D eigenvalue weighted by molar-refractivity contribution is 6.30. The van der Waals surface area contributed by atoms with Crippen LogP contribution in [0.25, 0.3) is 11.1 Å². The fraction of sp³-hybridized carbons (Fsp3) is 0.368. The summed E-state index contributed by atoms with van der Waals surface area (Å²) in [6, 6.07) is 15.2. The molecule has 1 aliphatic carbocycles. The molecule has 0 spiro atoms. The van der Waals surface area contributed by atoms with Gasteiger partial charge in [-0.15, -0.1) is 0 Å². The van der Waals surface area contributed by atoms with Gasteiger partial charge in [-0.25, -0.2) is 0 Å². The zero-order valence-electron chi connectivity index (χ0n) is 12.6. The first-order valence-corrected chi connectivity index (χ1v) is 7.77. The molecular weight excluding hydrogens is 264 g/mol. The average Bonchev–Trinajstić information content (AvgIpc) is 2.69.